The monoisotopic (exact) mass is 238 g/mol. The lowest BCUT2D eigenvalue weighted by molar-refractivity contribution is -0.136. The van der Waals surface area contributed by atoms with Gasteiger partial charge in [0.15, 0.2) is 0 Å². The Bertz CT molecular complexity index is 391. The number of aryl methyl sites for hydroxylation is 1. The summed E-state index contributed by atoms with van der Waals surface area (Å²) in [5, 5.41) is 8.63. The van der Waals surface area contributed by atoms with E-state index >= 15 is 0 Å². The zero-order valence-electron chi connectivity index (χ0n) is 10.4. The maximum atomic E-state index is 10.5. The topological polar surface area (TPSA) is 72.3 Å². The van der Waals surface area contributed by atoms with E-state index in [1.807, 2.05) is 0 Å². The van der Waals surface area contributed by atoms with Gasteiger partial charge in [-0.3, -0.25) is 4.79 Å². The number of aliphatic carboxylic acids is 1. The molecule has 0 spiro atoms. The first-order valence-electron chi connectivity index (χ1n) is 5.63. The zero-order valence-corrected chi connectivity index (χ0v) is 10.4. The molecule has 17 heavy (non-hydrogen) atoms. The molecule has 5 nitrogen and oxygen atoms in total. The first-order chi connectivity index (χ1) is 8.02. The predicted octanol–water partition coefficient (Wildman–Crippen LogP) is 1.70. The highest BCUT2D eigenvalue weighted by atomic mass is 16.5. The van der Waals surface area contributed by atoms with Gasteiger partial charge in [-0.2, -0.15) is 4.98 Å². The van der Waals surface area contributed by atoms with Crippen LogP contribution in [0, 0.1) is 5.92 Å². The van der Waals surface area contributed by atoms with Crippen LogP contribution in [0.2, 0.25) is 0 Å². The molecule has 1 rings (SSSR count). The summed E-state index contributed by atoms with van der Waals surface area (Å²) in [6.07, 6.45) is 2.89. The van der Waals surface area contributed by atoms with Gasteiger partial charge in [0.05, 0.1) is 7.11 Å². The second-order valence-corrected chi connectivity index (χ2v) is 4.31. The second kappa shape index (κ2) is 6.18. The fraction of sp³-hybridized carbons (Fsp3) is 0.583. The molecule has 0 aliphatic carbocycles. The van der Waals surface area contributed by atoms with Crippen molar-refractivity contribution in [2.45, 2.75) is 33.1 Å². The Hall–Kier alpha value is -1.65. The second-order valence-electron chi connectivity index (χ2n) is 4.31. The highest BCUT2D eigenvalue weighted by molar-refractivity contribution is 5.67. The molecule has 0 bridgehead atoms. The van der Waals surface area contributed by atoms with Crippen LogP contribution < -0.4 is 4.74 Å². The molecule has 0 aliphatic rings. The Labute approximate surface area is 101 Å². The minimum atomic E-state index is -0.835. The molecule has 0 atom stereocenters. The van der Waals surface area contributed by atoms with Crippen LogP contribution in [0.3, 0.4) is 0 Å². The molecular weight excluding hydrogens is 220 g/mol. The highest BCUT2D eigenvalue weighted by Gasteiger charge is 2.10. The number of methoxy groups -OCH3 is 1. The Kier molecular flexibility index (Phi) is 4.87. The summed E-state index contributed by atoms with van der Waals surface area (Å²) in [4.78, 5) is 19.0. The van der Waals surface area contributed by atoms with Crippen LogP contribution in [-0.4, -0.2) is 28.2 Å². The lowest BCUT2D eigenvalue weighted by atomic mass is 10.1. The van der Waals surface area contributed by atoms with E-state index < -0.39 is 5.97 Å². The van der Waals surface area contributed by atoms with Gasteiger partial charge in [-0.05, 0) is 12.3 Å². The quantitative estimate of drug-likeness (QED) is 0.816. The molecule has 0 amide bonds. The van der Waals surface area contributed by atoms with Crippen molar-refractivity contribution in [2.75, 3.05) is 7.11 Å². The lowest BCUT2D eigenvalue weighted by Gasteiger charge is -2.09. The first-order valence-corrected chi connectivity index (χ1v) is 5.63. The largest absolute Gasteiger partial charge is 0.481 e. The number of ether oxygens (including phenoxy) is 1. The van der Waals surface area contributed by atoms with Crippen LogP contribution >= 0.6 is 0 Å². The molecule has 0 radical (unpaired) electrons. The lowest BCUT2D eigenvalue weighted by Crippen LogP contribution is -2.06. The summed E-state index contributed by atoms with van der Waals surface area (Å²) >= 11 is 0. The molecule has 1 aromatic heterocycles. The minimum absolute atomic E-state index is 0.0588. The molecule has 5 heteroatoms. The Morgan fingerprint density at radius 2 is 2.24 bits per heavy atom. The van der Waals surface area contributed by atoms with E-state index in [1.54, 1.807) is 6.20 Å². The van der Waals surface area contributed by atoms with Crippen molar-refractivity contribution in [3.8, 4) is 5.88 Å². The van der Waals surface area contributed by atoms with Gasteiger partial charge < -0.3 is 9.84 Å². The third-order valence-corrected chi connectivity index (χ3v) is 2.27. The zero-order chi connectivity index (χ0) is 12.8. The maximum absolute atomic E-state index is 10.5. The van der Waals surface area contributed by atoms with Gasteiger partial charge in [0.1, 0.15) is 5.82 Å². The Morgan fingerprint density at radius 1 is 1.53 bits per heavy atom. The molecule has 1 aromatic rings. The van der Waals surface area contributed by atoms with Gasteiger partial charge in [-0.1, -0.05) is 13.8 Å². The van der Waals surface area contributed by atoms with Crippen molar-refractivity contribution in [1.29, 1.82) is 0 Å². The van der Waals surface area contributed by atoms with Crippen molar-refractivity contribution in [2.24, 2.45) is 5.92 Å². The maximum Gasteiger partial charge on any atom is 0.303 e. The van der Waals surface area contributed by atoms with Crippen LogP contribution in [0.4, 0.5) is 0 Å². The van der Waals surface area contributed by atoms with Crippen LogP contribution in [0.5, 0.6) is 5.88 Å². The predicted molar refractivity (Wildman–Crippen MR) is 63.1 cm³/mol. The molecule has 0 unspecified atom stereocenters. The third kappa shape index (κ3) is 4.38. The number of hydrogen-bond donors (Lipinski definition) is 1. The number of carboxylic acids is 1. The average molecular weight is 238 g/mol. The van der Waals surface area contributed by atoms with Gasteiger partial charge in [-0.25, -0.2) is 4.98 Å². The molecule has 1 heterocycles. The molecule has 0 fully saturated rings. The van der Waals surface area contributed by atoms with E-state index in [4.69, 9.17) is 9.84 Å². The number of carboxylic acid groups (broad SMARTS) is 1. The number of nitrogens with zero attached hydrogens (tertiary/aromatic N) is 2. The normalized spacial score (nSPS) is 10.6. The standard InChI is InChI=1S/C12H18N2O3/c1-8(2)6-10-13-7-9(4-5-11(15)16)12(14-10)17-3/h7-8H,4-6H2,1-3H3,(H,15,16). The summed E-state index contributed by atoms with van der Waals surface area (Å²) in [7, 11) is 1.53. The van der Waals surface area contributed by atoms with E-state index in [0.717, 1.165) is 17.8 Å². The number of carbonyl (C=O) groups is 1. The first kappa shape index (κ1) is 13.4. The molecule has 0 saturated heterocycles. The fourth-order valence-electron chi connectivity index (χ4n) is 1.48. The molecule has 0 aliphatic heterocycles. The minimum Gasteiger partial charge on any atom is -0.481 e. The molecular formula is C12H18N2O3. The van der Waals surface area contributed by atoms with Gasteiger partial charge in [-0.15, -0.1) is 0 Å². The van der Waals surface area contributed by atoms with E-state index in [9.17, 15) is 4.79 Å². The molecule has 1 N–H and O–H groups in total. The summed E-state index contributed by atoms with van der Waals surface area (Å²) < 4.78 is 5.16. The van der Waals surface area contributed by atoms with Gasteiger partial charge in [0, 0.05) is 24.6 Å². The Morgan fingerprint density at radius 3 is 2.76 bits per heavy atom. The van der Waals surface area contributed by atoms with E-state index in [1.165, 1.54) is 7.11 Å². The van der Waals surface area contributed by atoms with Crippen molar-refractivity contribution in [1.82, 2.24) is 9.97 Å². The SMILES string of the molecule is COc1nc(CC(C)C)ncc1CCC(=O)O. The fourth-order valence-corrected chi connectivity index (χ4v) is 1.48. The molecule has 0 aromatic carbocycles. The van der Waals surface area contributed by atoms with E-state index in [0.29, 0.717) is 18.2 Å². The summed E-state index contributed by atoms with van der Waals surface area (Å²) in [5.74, 6) is 0.857. The number of hydrogen-bond acceptors (Lipinski definition) is 4. The van der Waals surface area contributed by atoms with Crippen molar-refractivity contribution >= 4 is 5.97 Å². The average Bonchev–Trinajstić information content (AvgIpc) is 2.26. The number of rotatable bonds is 6. The highest BCUT2D eigenvalue weighted by Crippen LogP contribution is 2.17. The van der Waals surface area contributed by atoms with Crippen LogP contribution in [0.1, 0.15) is 31.7 Å². The van der Waals surface area contributed by atoms with E-state index in [2.05, 4.69) is 23.8 Å². The van der Waals surface area contributed by atoms with Gasteiger partial charge in [0.2, 0.25) is 5.88 Å². The van der Waals surface area contributed by atoms with Crippen molar-refractivity contribution in [3.05, 3.63) is 17.6 Å². The van der Waals surface area contributed by atoms with Crippen molar-refractivity contribution in [3.63, 3.8) is 0 Å². The molecule has 94 valence electrons. The summed E-state index contributed by atoms with van der Waals surface area (Å²) in [6, 6.07) is 0. The summed E-state index contributed by atoms with van der Waals surface area (Å²) in [5.41, 5.74) is 0.738. The number of aromatic nitrogens is 2. The van der Waals surface area contributed by atoms with Crippen molar-refractivity contribution < 1.29 is 14.6 Å². The summed E-state index contributed by atoms with van der Waals surface area (Å²) in [6.45, 7) is 4.18. The molecule has 0 saturated carbocycles. The van der Waals surface area contributed by atoms with Crippen LogP contribution in [-0.2, 0) is 17.6 Å². The van der Waals surface area contributed by atoms with Crippen LogP contribution in [0.15, 0.2) is 6.20 Å². The van der Waals surface area contributed by atoms with E-state index in [-0.39, 0.29) is 6.42 Å². The third-order valence-electron chi connectivity index (χ3n) is 2.27. The van der Waals surface area contributed by atoms with Crippen LogP contribution in [0.25, 0.3) is 0 Å². The Balaban J connectivity index is 2.81. The van der Waals surface area contributed by atoms with Gasteiger partial charge in [0.25, 0.3) is 0 Å². The smallest absolute Gasteiger partial charge is 0.303 e. The van der Waals surface area contributed by atoms with Gasteiger partial charge >= 0.3 is 5.97 Å².